The minimum Gasteiger partial charge on any atom is -0.391 e. The number of nitrogens with zero attached hydrogens (tertiary/aromatic N) is 1. The molecular weight excluding hydrogens is 238 g/mol. The summed E-state index contributed by atoms with van der Waals surface area (Å²) in [5.74, 6) is 0.675. The van der Waals surface area contributed by atoms with Gasteiger partial charge >= 0.3 is 0 Å². The minimum atomic E-state index is -0.155. The lowest BCUT2D eigenvalue weighted by molar-refractivity contribution is -0.0822. The lowest BCUT2D eigenvalue weighted by Gasteiger charge is -2.47. The molecule has 1 N–H and O–H groups in total. The third-order valence-electron chi connectivity index (χ3n) is 5.44. The number of morpholine rings is 1. The van der Waals surface area contributed by atoms with E-state index in [2.05, 4.69) is 18.7 Å². The van der Waals surface area contributed by atoms with Gasteiger partial charge in [0.25, 0.3) is 0 Å². The molecular formula is C16H31NO2. The molecule has 112 valence electrons. The van der Waals surface area contributed by atoms with Gasteiger partial charge in [0.2, 0.25) is 0 Å². The van der Waals surface area contributed by atoms with Crippen molar-refractivity contribution in [1.82, 2.24) is 4.90 Å². The van der Waals surface area contributed by atoms with Crippen LogP contribution < -0.4 is 0 Å². The van der Waals surface area contributed by atoms with Gasteiger partial charge in [0.05, 0.1) is 19.3 Å². The van der Waals surface area contributed by atoms with E-state index in [-0.39, 0.29) is 11.6 Å². The van der Waals surface area contributed by atoms with E-state index in [1.165, 1.54) is 38.5 Å². The van der Waals surface area contributed by atoms with Gasteiger partial charge in [-0.1, -0.05) is 39.5 Å². The van der Waals surface area contributed by atoms with E-state index in [9.17, 15) is 5.11 Å². The highest BCUT2D eigenvalue weighted by molar-refractivity contribution is 5.01. The van der Waals surface area contributed by atoms with Crippen LogP contribution in [-0.2, 0) is 4.74 Å². The average molecular weight is 269 g/mol. The molecule has 0 amide bonds. The molecule has 1 saturated heterocycles. The average Bonchev–Trinajstić information content (AvgIpc) is 2.96. The highest BCUT2D eigenvalue weighted by Gasteiger charge is 2.45. The molecule has 2 fully saturated rings. The molecule has 2 aliphatic rings. The van der Waals surface area contributed by atoms with Gasteiger partial charge in [0.1, 0.15) is 0 Å². The summed E-state index contributed by atoms with van der Waals surface area (Å²) in [7, 11) is 0. The maximum absolute atomic E-state index is 10.9. The highest BCUT2D eigenvalue weighted by atomic mass is 16.5. The molecule has 1 aliphatic heterocycles. The Kier molecular flexibility index (Phi) is 5.67. The zero-order chi connectivity index (χ0) is 13.7. The summed E-state index contributed by atoms with van der Waals surface area (Å²) >= 11 is 0. The maximum Gasteiger partial charge on any atom is 0.0726 e. The molecule has 0 aromatic rings. The van der Waals surface area contributed by atoms with E-state index in [0.717, 1.165) is 32.7 Å². The molecule has 1 aliphatic carbocycles. The van der Waals surface area contributed by atoms with E-state index in [1.54, 1.807) is 0 Å². The molecule has 0 bridgehead atoms. The fraction of sp³-hybridized carbons (Fsp3) is 1.00. The van der Waals surface area contributed by atoms with Crippen molar-refractivity contribution >= 4 is 0 Å². The predicted molar refractivity (Wildman–Crippen MR) is 78.3 cm³/mol. The lowest BCUT2D eigenvalue weighted by atomic mass is 9.81. The van der Waals surface area contributed by atoms with Gasteiger partial charge in [-0.15, -0.1) is 0 Å². The second kappa shape index (κ2) is 7.05. The third kappa shape index (κ3) is 3.32. The molecule has 1 heterocycles. The van der Waals surface area contributed by atoms with Crippen molar-refractivity contribution in [2.24, 2.45) is 5.92 Å². The Morgan fingerprint density at radius 2 is 1.68 bits per heavy atom. The predicted octanol–water partition coefficient (Wildman–Crippen LogP) is 2.82. The normalized spacial score (nSPS) is 25.9. The van der Waals surface area contributed by atoms with Gasteiger partial charge in [-0.25, -0.2) is 0 Å². The third-order valence-corrected chi connectivity index (χ3v) is 5.44. The van der Waals surface area contributed by atoms with E-state index >= 15 is 0 Å². The molecule has 3 heteroatoms. The van der Waals surface area contributed by atoms with Crippen molar-refractivity contribution < 1.29 is 9.84 Å². The smallest absolute Gasteiger partial charge is 0.0726 e. The number of hydrogen-bond donors (Lipinski definition) is 1. The van der Waals surface area contributed by atoms with Crippen LogP contribution >= 0.6 is 0 Å². The number of ether oxygens (including phenoxy) is 1. The molecule has 0 spiro atoms. The van der Waals surface area contributed by atoms with Crippen molar-refractivity contribution in [3.05, 3.63) is 0 Å². The molecule has 0 aromatic heterocycles. The first kappa shape index (κ1) is 15.3. The SMILES string of the molecule is CCC(CC)CC(O)C1(N2CCOCC2)CCCC1. The Bertz CT molecular complexity index is 253. The Hall–Kier alpha value is -0.120. The van der Waals surface area contributed by atoms with Crippen LogP contribution in [0.15, 0.2) is 0 Å². The van der Waals surface area contributed by atoms with E-state index in [0.29, 0.717) is 5.92 Å². The Morgan fingerprint density at radius 3 is 2.21 bits per heavy atom. The number of aliphatic hydroxyl groups is 1. The van der Waals surface area contributed by atoms with Crippen LogP contribution in [0, 0.1) is 5.92 Å². The van der Waals surface area contributed by atoms with Gasteiger partial charge in [0, 0.05) is 18.6 Å². The van der Waals surface area contributed by atoms with Gasteiger partial charge in [0.15, 0.2) is 0 Å². The Morgan fingerprint density at radius 1 is 1.11 bits per heavy atom. The summed E-state index contributed by atoms with van der Waals surface area (Å²) in [4.78, 5) is 2.54. The van der Waals surface area contributed by atoms with Crippen LogP contribution in [0.5, 0.6) is 0 Å². The standard InChI is InChI=1S/C16H31NO2/c1-3-14(4-2)13-15(18)16(7-5-6-8-16)17-9-11-19-12-10-17/h14-15,18H,3-13H2,1-2H3. The van der Waals surface area contributed by atoms with Crippen molar-refractivity contribution in [3.63, 3.8) is 0 Å². The summed E-state index contributed by atoms with van der Waals surface area (Å²) in [6, 6.07) is 0. The molecule has 1 unspecified atom stereocenters. The molecule has 1 atom stereocenters. The largest absolute Gasteiger partial charge is 0.391 e. The van der Waals surface area contributed by atoms with Crippen LogP contribution in [0.1, 0.15) is 58.8 Å². The van der Waals surface area contributed by atoms with E-state index < -0.39 is 0 Å². The van der Waals surface area contributed by atoms with Crippen LogP contribution in [-0.4, -0.2) is 48.0 Å². The lowest BCUT2D eigenvalue weighted by Crippen LogP contribution is -2.58. The van der Waals surface area contributed by atoms with Gasteiger partial charge in [-0.05, 0) is 25.2 Å². The molecule has 19 heavy (non-hydrogen) atoms. The van der Waals surface area contributed by atoms with Crippen molar-refractivity contribution in [1.29, 1.82) is 0 Å². The second-order valence-corrected chi connectivity index (χ2v) is 6.34. The van der Waals surface area contributed by atoms with Gasteiger partial charge in [-0.2, -0.15) is 0 Å². The van der Waals surface area contributed by atoms with E-state index in [4.69, 9.17) is 4.74 Å². The minimum absolute atomic E-state index is 0.0619. The van der Waals surface area contributed by atoms with Crippen LogP contribution in [0.3, 0.4) is 0 Å². The molecule has 1 saturated carbocycles. The summed E-state index contributed by atoms with van der Waals surface area (Å²) in [5, 5.41) is 10.9. The first-order chi connectivity index (χ1) is 9.23. The fourth-order valence-electron chi connectivity index (χ4n) is 4.01. The Labute approximate surface area is 118 Å². The zero-order valence-electron chi connectivity index (χ0n) is 12.7. The molecule has 3 nitrogen and oxygen atoms in total. The number of aliphatic hydroxyl groups excluding tert-OH is 1. The van der Waals surface area contributed by atoms with Crippen molar-refractivity contribution in [3.8, 4) is 0 Å². The highest BCUT2D eigenvalue weighted by Crippen LogP contribution is 2.41. The second-order valence-electron chi connectivity index (χ2n) is 6.34. The molecule has 0 radical (unpaired) electrons. The fourth-order valence-corrected chi connectivity index (χ4v) is 4.01. The zero-order valence-corrected chi connectivity index (χ0v) is 12.7. The summed E-state index contributed by atoms with van der Waals surface area (Å²) < 4.78 is 5.48. The van der Waals surface area contributed by atoms with Crippen molar-refractivity contribution in [2.45, 2.75) is 70.4 Å². The quantitative estimate of drug-likeness (QED) is 0.805. The first-order valence-corrected chi connectivity index (χ1v) is 8.23. The van der Waals surface area contributed by atoms with Gasteiger partial charge in [-0.3, -0.25) is 4.90 Å². The van der Waals surface area contributed by atoms with Crippen LogP contribution in [0.2, 0.25) is 0 Å². The summed E-state index contributed by atoms with van der Waals surface area (Å²) in [6.45, 7) is 8.16. The van der Waals surface area contributed by atoms with Crippen LogP contribution in [0.4, 0.5) is 0 Å². The first-order valence-electron chi connectivity index (χ1n) is 8.23. The number of rotatable bonds is 6. The summed E-state index contributed by atoms with van der Waals surface area (Å²) in [5.41, 5.74) is 0.0619. The number of hydrogen-bond acceptors (Lipinski definition) is 3. The monoisotopic (exact) mass is 269 g/mol. The Balaban J connectivity index is 2.04. The van der Waals surface area contributed by atoms with Crippen molar-refractivity contribution in [2.75, 3.05) is 26.3 Å². The molecule has 2 rings (SSSR count). The molecule has 0 aromatic carbocycles. The maximum atomic E-state index is 10.9. The topological polar surface area (TPSA) is 32.7 Å². The van der Waals surface area contributed by atoms with E-state index in [1.807, 2.05) is 0 Å². The summed E-state index contributed by atoms with van der Waals surface area (Å²) in [6.07, 6.45) is 8.10. The van der Waals surface area contributed by atoms with Crippen LogP contribution in [0.25, 0.3) is 0 Å². The van der Waals surface area contributed by atoms with Gasteiger partial charge < -0.3 is 9.84 Å².